The van der Waals surface area contributed by atoms with Crippen molar-refractivity contribution in [3.05, 3.63) is 52.8 Å². The van der Waals surface area contributed by atoms with E-state index in [9.17, 15) is 4.39 Å². The number of fused-ring (bicyclic) bond motifs is 1. The molecule has 0 aliphatic carbocycles. The quantitative estimate of drug-likeness (QED) is 0.801. The standard InChI is InChI=1S/C17H19FN4O/c1-10-11(2)23-17-15(10)16(19)20-14(21-17)9-22(3)8-12-4-6-13(18)7-5-12/h4-7H,8-9H2,1-3H3,(H2,19,20,21). The molecule has 0 fully saturated rings. The van der Waals surface area contributed by atoms with E-state index >= 15 is 0 Å². The van der Waals surface area contributed by atoms with Crippen molar-refractivity contribution >= 4 is 16.9 Å². The second-order valence-corrected chi connectivity index (χ2v) is 5.79. The number of halogens is 1. The van der Waals surface area contributed by atoms with Gasteiger partial charge in [0, 0.05) is 12.1 Å². The van der Waals surface area contributed by atoms with E-state index in [0.717, 1.165) is 22.3 Å². The molecule has 2 aromatic heterocycles. The van der Waals surface area contributed by atoms with Crippen LogP contribution < -0.4 is 5.73 Å². The number of nitrogen functional groups attached to an aromatic ring is 1. The molecule has 3 rings (SSSR count). The average molecular weight is 314 g/mol. The number of furan rings is 1. The van der Waals surface area contributed by atoms with Gasteiger partial charge in [0.2, 0.25) is 5.71 Å². The lowest BCUT2D eigenvalue weighted by Crippen LogP contribution is -2.19. The van der Waals surface area contributed by atoms with Gasteiger partial charge in [0.05, 0.1) is 11.9 Å². The van der Waals surface area contributed by atoms with Crippen LogP contribution in [0.5, 0.6) is 0 Å². The van der Waals surface area contributed by atoms with E-state index in [4.69, 9.17) is 10.2 Å². The number of nitrogens with two attached hydrogens (primary N) is 1. The first-order chi connectivity index (χ1) is 10.9. The van der Waals surface area contributed by atoms with Crippen molar-refractivity contribution in [1.82, 2.24) is 14.9 Å². The number of benzene rings is 1. The van der Waals surface area contributed by atoms with E-state index in [1.165, 1.54) is 12.1 Å². The summed E-state index contributed by atoms with van der Waals surface area (Å²) in [6.07, 6.45) is 0. The summed E-state index contributed by atoms with van der Waals surface area (Å²) in [4.78, 5) is 10.9. The third-order valence-electron chi connectivity index (χ3n) is 3.88. The van der Waals surface area contributed by atoms with E-state index in [-0.39, 0.29) is 5.82 Å². The van der Waals surface area contributed by atoms with Crippen LogP contribution in [-0.2, 0) is 13.1 Å². The van der Waals surface area contributed by atoms with Gasteiger partial charge in [-0.3, -0.25) is 4.90 Å². The highest BCUT2D eigenvalue weighted by Crippen LogP contribution is 2.27. The minimum absolute atomic E-state index is 0.235. The molecule has 3 aromatic rings. The molecule has 23 heavy (non-hydrogen) atoms. The third-order valence-corrected chi connectivity index (χ3v) is 3.88. The molecule has 0 unspecified atom stereocenters. The zero-order valence-corrected chi connectivity index (χ0v) is 13.4. The zero-order valence-electron chi connectivity index (χ0n) is 13.4. The predicted octanol–water partition coefficient (Wildman–Crippen LogP) is 3.19. The van der Waals surface area contributed by atoms with Crippen LogP contribution in [0.1, 0.15) is 22.7 Å². The molecule has 0 saturated carbocycles. The molecule has 1 aromatic carbocycles. The number of hydrogen-bond donors (Lipinski definition) is 1. The van der Waals surface area contributed by atoms with Gasteiger partial charge in [-0.05, 0) is 38.6 Å². The maximum atomic E-state index is 12.9. The summed E-state index contributed by atoms with van der Waals surface area (Å²) in [5.74, 6) is 1.61. The second-order valence-electron chi connectivity index (χ2n) is 5.79. The Balaban J connectivity index is 1.79. The summed E-state index contributed by atoms with van der Waals surface area (Å²) >= 11 is 0. The fraction of sp³-hybridized carbons (Fsp3) is 0.294. The Morgan fingerprint density at radius 3 is 2.52 bits per heavy atom. The maximum absolute atomic E-state index is 12.9. The zero-order chi connectivity index (χ0) is 16.6. The molecule has 5 nitrogen and oxygen atoms in total. The largest absolute Gasteiger partial charge is 0.443 e. The Kier molecular flexibility index (Phi) is 4.00. The van der Waals surface area contributed by atoms with Crippen LogP contribution in [0, 0.1) is 19.7 Å². The van der Waals surface area contributed by atoms with Crippen LogP contribution >= 0.6 is 0 Å². The van der Waals surface area contributed by atoms with E-state index in [1.54, 1.807) is 12.1 Å². The van der Waals surface area contributed by atoms with Crippen LogP contribution in [0.3, 0.4) is 0 Å². The average Bonchev–Trinajstić information content (AvgIpc) is 2.76. The highest BCUT2D eigenvalue weighted by Gasteiger charge is 2.15. The predicted molar refractivity (Wildman–Crippen MR) is 87.3 cm³/mol. The van der Waals surface area contributed by atoms with Gasteiger partial charge in [0.1, 0.15) is 23.2 Å². The Hall–Kier alpha value is -2.47. The summed E-state index contributed by atoms with van der Waals surface area (Å²) < 4.78 is 18.6. The van der Waals surface area contributed by atoms with Crippen molar-refractivity contribution in [3.8, 4) is 0 Å². The fourth-order valence-corrected chi connectivity index (χ4v) is 2.60. The SMILES string of the molecule is Cc1oc2nc(CN(C)Cc3ccc(F)cc3)nc(N)c2c1C. The molecule has 120 valence electrons. The molecule has 0 spiro atoms. The van der Waals surface area contributed by atoms with Crippen molar-refractivity contribution in [3.63, 3.8) is 0 Å². The lowest BCUT2D eigenvalue weighted by Gasteiger charge is -2.15. The third kappa shape index (κ3) is 3.17. The van der Waals surface area contributed by atoms with Gasteiger partial charge in [-0.15, -0.1) is 0 Å². The van der Waals surface area contributed by atoms with Crippen molar-refractivity contribution in [1.29, 1.82) is 0 Å². The monoisotopic (exact) mass is 314 g/mol. The molecule has 0 bridgehead atoms. The number of rotatable bonds is 4. The number of anilines is 1. The van der Waals surface area contributed by atoms with Gasteiger partial charge >= 0.3 is 0 Å². The molecule has 6 heteroatoms. The second kappa shape index (κ2) is 5.96. The fourth-order valence-electron chi connectivity index (χ4n) is 2.60. The summed E-state index contributed by atoms with van der Waals surface area (Å²) in [5.41, 5.74) is 8.57. The van der Waals surface area contributed by atoms with Crippen LogP contribution in [0.25, 0.3) is 11.1 Å². The number of hydrogen-bond acceptors (Lipinski definition) is 5. The highest BCUT2D eigenvalue weighted by molar-refractivity contribution is 5.88. The summed E-state index contributed by atoms with van der Waals surface area (Å²) in [6.45, 7) is 5.02. The number of aryl methyl sites for hydroxylation is 2. The van der Waals surface area contributed by atoms with Crippen molar-refractivity contribution in [2.75, 3.05) is 12.8 Å². The van der Waals surface area contributed by atoms with Crippen molar-refractivity contribution < 1.29 is 8.81 Å². The summed E-state index contributed by atoms with van der Waals surface area (Å²) in [6, 6.07) is 6.45. The van der Waals surface area contributed by atoms with Gasteiger partial charge in [-0.1, -0.05) is 12.1 Å². The molecule has 0 aliphatic heterocycles. The molecular weight excluding hydrogens is 295 g/mol. The lowest BCUT2D eigenvalue weighted by molar-refractivity contribution is 0.310. The Labute approximate surface area is 133 Å². The van der Waals surface area contributed by atoms with Gasteiger partial charge in [0.15, 0.2) is 0 Å². The molecule has 2 heterocycles. The first-order valence-corrected chi connectivity index (χ1v) is 7.39. The highest BCUT2D eigenvalue weighted by atomic mass is 19.1. The molecule has 0 radical (unpaired) electrons. The number of aromatic nitrogens is 2. The normalized spacial score (nSPS) is 11.5. The molecule has 2 N–H and O–H groups in total. The van der Waals surface area contributed by atoms with Gasteiger partial charge in [-0.2, -0.15) is 4.98 Å². The lowest BCUT2D eigenvalue weighted by atomic mass is 10.2. The molecule has 0 aliphatic rings. The summed E-state index contributed by atoms with van der Waals surface area (Å²) in [5, 5.41) is 0.785. The van der Waals surface area contributed by atoms with Crippen molar-refractivity contribution in [2.45, 2.75) is 26.9 Å². The Morgan fingerprint density at radius 1 is 1.13 bits per heavy atom. The van der Waals surface area contributed by atoms with E-state index < -0.39 is 0 Å². The summed E-state index contributed by atoms with van der Waals surface area (Å²) in [7, 11) is 1.95. The van der Waals surface area contributed by atoms with Gasteiger partial charge < -0.3 is 10.2 Å². The van der Waals surface area contributed by atoms with Crippen LogP contribution in [0.2, 0.25) is 0 Å². The smallest absolute Gasteiger partial charge is 0.231 e. The molecular formula is C17H19FN4O. The van der Waals surface area contributed by atoms with Crippen LogP contribution in [-0.4, -0.2) is 21.9 Å². The van der Waals surface area contributed by atoms with Crippen molar-refractivity contribution in [2.24, 2.45) is 0 Å². The van der Waals surface area contributed by atoms with Crippen LogP contribution in [0.15, 0.2) is 28.7 Å². The first-order valence-electron chi connectivity index (χ1n) is 7.39. The molecule has 0 amide bonds. The maximum Gasteiger partial charge on any atom is 0.231 e. The van der Waals surface area contributed by atoms with Gasteiger partial charge in [-0.25, -0.2) is 9.37 Å². The first kappa shape index (κ1) is 15.4. The van der Waals surface area contributed by atoms with E-state index in [1.807, 2.05) is 25.8 Å². The van der Waals surface area contributed by atoms with Gasteiger partial charge in [0.25, 0.3) is 0 Å². The molecule has 0 atom stereocenters. The Bertz CT molecular complexity index is 842. The van der Waals surface area contributed by atoms with E-state index in [0.29, 0.717) is 30.4 Å². The van der Waals surface area contributed by atoms with E-state index in [2.05, 4.69) is 9.97 Å². The van der Waals surface area contributed by atoms with Crippen LogP contribution in [0.4, 0.5) is 10.2 Å². The topological polar surface area (TPSA) is 68.2 Å². The number of nitrogens with zero attached hydrogens (tertiary/aromatic N) is 3. The Morgan fingerprint density at radius 2 is 1.83 bits per heavy atom. The minimum Gasteiger partial charge on any atom is -0.443 e. The minimum atomic E-state index is -0.235. The molecule has 0 saturated heterocycles.